The Balaban J connectivity index is 1.48. The summed E-state index contributed by atoms with van der Waals surface area (Å²) in [5.41, 5.74) is 2.80. The number of amides is 1. The van der Waals surface area contributed by atoms with Gasteiger partial charge in [0.2, 0.25) is 5.91 Å². The second-order valence-electron chi connectivity index (χ2n) is 8.45. The Morgan fingerprint density at radius 1 is 1.08 bits per heavy atom. The van der Waals surface area contributed by atoms with E-state index in [4.69, 9.17) is 0 Å². The molecule has 3 heteroatoms. The van der Waals surface area contributed by atoms with Crippen LogP contribution in [0.2, 0.25) is 0 Å². The molecule has 1 aromatic carbocycles. The van der Waals surface area contributed by atoms with Gasteiger partial charge in [0.05, 0.1) is 6.54 Å². The molecule has 0 atom stereocenters. The fraction of sp³-hybridized carbons (Fsp3) is 0.667. The van der Waals surface area contributed by atoms with Crippen LogP contribution in [-0.4, -0.2) is 30.4 Å². The quantitative estimate of drug-likeness (QED) is 0.861. The summed E-state index contributed by atoms with van der Waals surface area (Å²) >= 11 is 0. The molecule has 1 amide bonds. The number of rotatable bonds is 4. The van der Waals surface area contributed by atoms with Crippen molar-refractivity contribution in [2.75, 3.05) is 25.0 Å². The minimum Gasteiger partial charge on any atom is -0.325 e. The monoisotopic (exact) mass is 328 g/mol. The van der Waals surface area contributed by atoms with Gasteiger partial charge in [-0.05, 0) is 67.8 Å². The number of benzene rings is 1. The van der Waals surface area contributed by atoms with E-state index in [1.165, 1.54) is 50.5 Å². The first-order chi connectivity index (χ1) is 11.5. The molecular weight excluding hydrogens is 296 g/mol. The maximum absolute atomic E-state index is 12.3. The van der Waals surface area contributed by atoms with Crippen LogP contribution in [0.15, 0.2) is 24.3 Å². The predicted molar refractivity (Wildman–Crippen MR) is 100 cm³/mol. The van der Waals surface area contributed by atoms with E-state index < -0.39 is 0 Å². The Bertz CT molecular complexity index is 533. The molecule has 2 aliphatic rings. The van der Waals surface area contributed by atoms with Crippen molar-refractivity contribution < 1.29 is 4.79 Å². The summed E-state index contributed by atoms with van der Waals surface area (Å²) in [5, 5.41) is 3.06. The third kappa shape index (κ3) is 4.83. The zero-order valence-corrected chi connectivity index (χ0v) is 15.3. The van der Waals surface area contributed by atoms with Crippen molar-refractivity contribution in [2.24, 2.45) is 5.41 Å². The highest BCUT2D eigenvalue weighted by molar-refractivity contribution is 5.92. The standard InChI is InChI=1S/C21H32N2O/c1-21(2)12-14-23(15-13-21)16-20(24)22-19-10-8-18(9-11-19)17-6-4-3-5-7-17/h8-11,17H,3-7,12-16H2,1-2H3,(H,22,24). The predicted octanol–water partition coefficient (Wildman–Crippen LogP) is 4.79. The number of hydrogen-bond donors (Lipinski definition) is 1. The molecule has 0 unspecified atom stereocenters. The van der Waals surface area contributed by atoms with Gasteiger partial charge in [-0.1, -0.05) is 45.2 Å². The number of anilines is 1. The number of carbonyl (C=O) groups is 1. The molecule has 1 saturated heterocycles. The lowest BCUT2D eigenvalue weighted by molar-refractivity contribution is -0.117. The Morgan fingerprint density at radius 3 is 2.33 bits per heavy atom. The summed E-state index contributed by atoms with van der Waals surface area (Å²) in [6, 6.07) is 8.55. The largest absolute Gasteiger partial charge is 0.325 e. The Morgan fingerprint density at radius 2 is 1.71 bits per heavy atom. The van der Waals surface area contributed by atoms with Crippen LogP contribution in [0.1, 0.15) is 70.3 Å². The summed E-state index contributed by atoms with van der Waals surface area (Å²) in [6.45, 7) is 7.21. The first kappa shape index (κ1) is 17.5. The first-order valence-corrected chi connectivity index (χ1v) is 9.64. The number of likely N-dealkylation sites (tertiary alicyclic amines) is 1. The van der Waals surface area contributed by atoms with Gasteiger partial charge in [-0.2, -0.15) is 0 Å². The molecular formula is C21H32N2O. The van der Waals surface area contributed by atoms with Crippen molar-refractivity contribution in [3.63, 3.8) is 0 Å². The van der Waals surface area contributed by atoms with E-state index in [1.54, 1.807) is 0 Å². The van der Waals surface area contributed by atoms with E-state index in [2.05, 4.69) is 48.3 Å². The van der Waals surface area contributed by atoms with Gasteiger partial charge >= 0.3 is 0 Å². The van der Waals surface area contributed by atoms with Crippen molar-refractivity contribution in [3.05, 3.63) is 29.8 Å². The van der Waals surface area contributed by atoms with Gasteiger partial charge in [0, 0.05) is 5.69 Å². The average molecular weight is 329 g/mol. The fourth-order valence-corrected chi connectivity index (χ4v) is 3.99. The van der Waals surface area contributed by atoms with Gasteiger partial charge in [-0.25, -0.2) is 0 Å². The molecule has 1 aromatic rings. The molecule has 3 rings (SSSR count). The number of nitrogens with zero attached hydrogens (tertiary/aromatic N) is 1. The number of piperidine rings is 1. The summed E-state index contributed by atoms with van der Waals surface area (Å²) in [4.78, 5) is 14.6. The normalized spacial score (nSPS) is 22.2. The van der Waals surface area contributed by atoms with Crippen LogP contribution in [-0.2, 0) is 4.79 Å². The van der Waals surface area contributed by atoms with Crippen molar-refractivity contribution in [1.29, 1.82) is 0 Å². The molecule has 1 aliphatic heterocycles. The summed E-state index contributed by atoms with van der Waals surface area (Å²) in [6.07, 6.45) is 9.09. The maximum atomic E-state index is 12.3. The van der Waals surface area contributed by atoms with E-state index in [9.17, 15) is 4.79 Å². The number of carbonyl (C=O) groups excluding carboxylic acids is 1. The minimum absolute atomic E-state index is 0.111. The molecule has 1 saturated carbocycles. The molecule has 1 aliphatic carbocycles. The third-order valence-corrected chi connectivity index (χ3v) is 5.85. The van der Waals surface area contributed by atoms with E-state index >= 15 is 0 Å². The molecule has 1 heterocycles. The van der Waals surface area contributed by atoms with E-state index in [0.29, 0.717) is 12.0 Å². The molecule has 0 spiro atoms. The van der Waals surface area contributed by atoms with Gasteiger partial charge in [0.1, 0.15) is 0 Å². The Kier molecular flexibility index (Phi) is 5.60. The van der Waals surface area contributed by atoms with Crippen LogP contribution in [0.25, 0.3) is 0 Å². The maximum Gasteiger partial charge on any atom is 0.238 e. The Labute approximate surface area is 146 Å². The summed E-state index contributed by atoms with van der Waals surface area (Å²) in [5.74, 6) is 0.834. The van der Waals surface area contributed by atoms with Gasteiger partial charge in [0.15, 0.2) is 0 Å². The summed E-state index contributed by atoms with van der Waals surface area (Å²) in [7, 11) is 0. The lowest BCUT2D eigenvalue weighted by atomic mass is 9.83. The van der Waals surface area contributed by atoms with E-state index in [0.717, 1.165) is 24.7 Å². The highest BCUT2D eigenvalue weighted by Gasteiger charge is 2.26. The first-order valence-electron chi connectivity index (χ1n) is 9.64. The van der Waals surface area contributed by atoms with Crippen LogP contribution >= 0.6 is 0 Å². The minimum atomic E-state index is 0.111. The molecule has 24 heavy (non-hydrogen) atoms. The lowest BCUT2D eigenvalue weighted by Gasteiger charge is -2.36. The molecule has 132 valence electrons. The zero-order chi connectivity index (χ0) is 17.0. The molecule has 0 radical (unpaired) electrons. The molecule has 1 N–H and O–H groups in total. The number of hydrogen-bond acceptors (Lipinski definition) is 2. The third-order valence-electron chi connectivity index (χ3n) is 5.85. The highest BCUT2D eigenvalue weighted by Crippen LogP contribution is 2.33. The van der Waals surface area contributed by atoms with Crippen molar-refractivity contribution in [1.82, 2.24) is 4.90 Å². The van der Waals surface area contributed by atoms with E-state index in [-0.39, 0.29) is 5.91 Å². The summed E-state index contributed by atoms with van der Waals surface area (Å²) < 4.78 is 0. The molecule has 2 fully saturated rings. The fourth-order valence-electron chi connectivity index (χ4n) is 3.99. The van der Waals surface area contributed by atoms with Crippen molar-refractivity contribution >= 4 is 11.6 Å². The van der Waals surface area contributed by atoms with Gasteiger partial charge in [0.25, 0.3) is 0 Å². The smallest absolute Gasteiger partial charge is 0.238 e. The van der Waals surface area contributed by atoms with Crippen molar-refractivity contribution in [3.8, 4) is 0 Å². The van der Waals surface area contributed by atoms with E-state index in [1.807, 2.05) is 0 Å². The van der Waals surface area contributed by atoms with Crippen molar-refractivity contribution in [2.45, 2.75) is 64.7 Å². The zero-order valence-electron chi connectivity index (χ0n) is 15.3. The SMILES string of the molecule is CC1(C)CCN(CC(=O)Nc2ccc(C3CCCCC3)cc2)CC1. The van der Waals surface area contributed by atoms with Crippen LogP contribution in [0.4, 0.5) is 5.69 Å². The van der Waals surface area contributed by atoms with Crippen LogP contribution < -0.4 is 5.32 Å². The number of nitrogens with one attached hydrogen (secondary N) is 1. The van der Waals surface area contributed by atoms with Gasteiger partial charge in [-0.15, -0.1) is 0 Å². The second kappa shape index (κ2) is 7.69. The van der Waals surface area contributed by atoms with Crippen LogP contribution in [0, 0.1) is 5.41 Å². The average Bonchev–Trinajstić information content (AvgIpc) is 2.58. The highest BCUT2D eigenvalue weighted by atomic mass is 16.2. The lowest BCUT2D eigenvalue weighted by Crippen LogP contribution is -2.41. The molecule has 0 aromatic heterocycles. The molecule has 0 bridgehead atoms. The van der Waals surface area contributed by atoms with Crippen LogP contribution in [0.3, 0.4) is 0 Å². The molecule has 3 nitrogen and oxygen atoms in total. The van der Waals surface area contributed by atoms with Gasteiger partial charge < -0.3 is 5.32 Å². The van der Waals surface area contributed by atoms with Crippen LogP contribution in [0.5, 0.6) is 0 Å². The van der Waals surface area contributed by atoms with Gasteiger partial charge in [-0.3, -0.25) is 9.69 Å². The Hall–Kier alpha value is -1.35. The second-order valence-corrected chi connectivity index (χ2v) is 8.45. The topological polar surface area (TPSA) is 32.3 Å².